The van der Waals surface area contributed by atoms with Crippen molar-refractivity contribution in [1.82, 2.24) is 4.90 Å². The minimum atomic E-state index is -0.479. The Kier molecular flexibility index (Phi) is 3.00. The number of carbonyl (C=O) groups is 1. The van der Waals surface area contributed by atoms with Crippen molar-refractivity contribution in [2.45, 2.75) is 26.4 Å². The van der Waals surface area contributed by atoms with Crippen LogP contribution in [0.1, 0.15) is 20.8 Å². The van der Waals surface area contributed by atoms with E-state index in [1.807, 2.05) is 26.8 Å². The van der Waals surface area contributed by atoms with Gasteiger partial charge in [-0.1, -0.05) is 0 Å². The molecule has 0 aromatic heterocycles. The third-order valence-corrected chi connectivity index (χ3v) is 2.34. The van der Waals surface area contributed by atoms with Gasteiger partial charge in [-0.15, -0.1) is 0 Å². The number of amides is 1. The van der Waals surface area contributed by atoms with Crippen LogP contribution in [0, 0.1) is 0 Å². The zero-order chi connectivity index (χ0) is 12.5. The van der Waals surface area contributed by atoms with E-state index in [0.717, 1.165) is 18.0 Å². The maximum absolute atomic E-state index is 11.8. The number of rotatable bonds is 0. The summed E-state index contributed by atoms with van der Waals surface area (Å²) >= 11 is 0. The van der Waals surface area contributed by atoms with Gasteiger partial charge in [0.25, 0.3) is 0 Å². The number of ether oxygens (including phenoxy) is 1. The Labute approximate surface area is 101 Å². The lowest BCUT2D eigenvalue weighted by Gasteiger charge is -2.28. The number of aliphatic imine (C=N–C) groups is 2. The molecule has 0 bridgehead atoms. The summed E-state index contributed by atoms with van der Waals surface area (Å²) in [6.07, 6.45) is 3.17. The molecular weight excluding hydrogens is 218 g/mol. The largest absolute Gasteiger partial charge is 0.443 e. The van der Waals surface area contributed by atoms with E-state index in [4.69, 9.17) is 4.74 Å². The molecule has 0 spiro atoms. The fraction of sp³-hybridized carbons (Fsp3) is 0.583. The second-order valence-electron chi connectivity index (χ2n) is 5.02. The Hall–Kier alpha value is -1.65. The molecular formula is C12H17N3O2. The van der Waals surface area contributed by atoms with Crippen LogP contribution in [0.4, 0.5) is 4.79 Å². The average molecular weight is 235 g/mol. The van der Waals surface area contributed by atoms with E-state index in [2.05, 4.69) is 9.98 Å². The normalized spacial score (nSPS) is 19.4. The SMILES string of the molecule is CC(C)(C)OC(=O)N1C=CC2=NCCN=C2C1. The van der Waals surface area contributed by atoms with Crippen LogP contribution in [0.25, 0.3) is 0 Å². The maximum atomic E-state index is 11.8. The molecule has 0 unspecified atom stereocenters. The quantitative estimate of drug-likeness (QED) is 0.641. The van der Waals surface area contributed by atoms with Gasteiger partial charge in [-0.3, -0.25) is 14.9 Å². The molecule has 1 amide bonds. The topological polar surface area (TPSA) is 54.3 Å². The standard InChI is InChI=1S/C12H17N3O2/c1-12(2,3)17-11(16)15-7-4-9-10(8-15)14-6-5-13-9/h4,7H,5-6,8H2,1-3H3. The zero-order valence-electron chi connectivity index (χ0n) is 10.4. The highest BCUT2D eigenvalue weighted by Gasteiger charge is 2.25. The third kappa shape index (κ3) is 2.93. The van der Waals surface area contributed by atoms with Crippen LogP contribution >= 0.6 is 0 Å². The van der Waals surface area contributed by atoms with Gasteiger partial charge >= 0.3 is 6.09 Å². The Bertz CT molecular complexity index is 416. The molecule has 0 atom stereocenters. The number of nitrogens with zero attached hydrogens (tertiary/aromatic N) is 3. The first-order valence-electron chi connectivity index (χ1n) is 5.72. The Morgan fingerprint density at radius 1 is 1.35 bits per heavy atom. The Morgan fingerprint density at radius 2 is 2.06 bits per heavy atom. The first-order valence-corrected chi connectivity index (χ1v) is 5.72. The lowest BCUT2D eigenvalue weighted by Crippen LogP contribution is -2.41. The zero-order valence-corrected chi connectivity index (χ0v) is 10.4. The van der Waals surface area contributed by atoms with Crippen molar-refractivity contribution in [1.29, 1.82) is 0 Å². The summed E-state index contributed by atoms with van der Waals surface area (Å²) < 4.78 is 5.30. The number of carbonyl (C=O) groups excluding carboxylic acids is 1. The average Bonchev–Trinajstić information content (AvgIpc) is 2.26. The summed E-state index contributed by atoms with van der Waals surface area (Å²) in [4.78, 5) is 22.1. The van der Waals surface area contributed by atoms with Crippen LogP contribution < -0.4 is 0 Å². The van der Waals surface area contributed by atoms with E-state index >= 15 is 0 Å². The molecule has 5 heteroatoms. The predicted molar refractivity (Wildman–Crippen MR) is 66.7 cm³/mol. The fourth-order valence-corrected chi connectivity index (χ4v) is 1.63. The highest BCUT2D eigenvalue weighted by molar-refractivity contribution is 6.48. The second kappa shape index (κ2) is 4.31. The van der Waals surface area contributed by atoms with Crippen LogP contribution in [-0.2, 0) is 4.74 Å². The number of hydrogen-bond acceptors (Lipinski definition) is 4. The van der Waals surface area contributed by atoms with Gasteiger partial charge < -0.3 is 4.74 Å². The molecule has 0 saturated heterocycles. The van der Waals surface area contributed by atoms with E-state index in [-0.39, 0.29) is 6.09 Å². The number of hydrogen-bond donors (Lipinski definition) is 0. The predicted octanol–water partition coefficient (Wildman–Crippen LogP) is 1.65. The molecule has 17 heavy (non-hydrogen) atoms. The van der Waals surface area contributed by atoms with Gasteiger partial charge in [0.1, 0.15) is 5.60 Å². The first-order chi connectivity index (χ1) is 7.96. The molecule has 92 valence electrons. The van der Waals surface area contributed by atoms with Crippen LogP contribution in [-0.4, -0.2) is 47.7 Å². The van der Waals surface area contributed by atoms with Crippen LogP contribution in [0.2, 0.25) is 0 Å². The fourth-order valence-electron chi connectivity index (χ4n) is 1.63. The van der Waals surface area contributed by atoms with Crippen molar-refractivity contribution >= 4 is 17.5 Å². The Balaban J connectivity index is 2.08. The maximum Gasteiger partial charge on any atom is 0.414 e. The molecule has 2 rings (SSSR count). The van der Waals surface area contributed by atoms with Gasteiger partial charge in [-0.05, 0) is 26.8 Å². The third-order valence-electron chi connectivity index (χ3n) is 2.34. The lowest BCUT2D eigenvalue weighted by molar-refractivity contribution is 0.0356. The van der Waals surface area contributed by atoms with E-state index < -0.39 is 5.60 Å². The summed E-state index contributed by atoms with van der Waals surface area (Å²) in [7, 11) is 0. The summed E-state index contributed by atoms with van der Waals surface area (Å²) in [6, 6.07) is 0. The molecule has 0 saturated carbocycles. The Morgan fingerprint density at radius 3 is 2.76 bits per heavy atom. The first kappa shape index (κ1) is 11.8. The molecule has 0 N–H and O–H groups in total. The van der Waals surface area contributed by atoms with Gasteiger partial charge in [0.2, 0.25) is 0 Å². The van der Waals surface area contributed by atoms with Gasteiger partial charge in [0, 0.05) is 6.20 Å². The van der Waals surface area contributed by atoms with Gasteiger partial charge in [-0.25, -0.2) is 4.79 Å². The van der Waals surface area contributed by atoms with E-state index in [1.165, 1.54) is 4.90 Å². The van der Waals surface area contributed by atoms with Crippen molar-refractivity contribution in [3.05, 3.63) is 12.3 Å². The highest BCUT2D eigenvalue weighted by atomic mass is 16.6. The van der Waals surface area contributed by atoms with Crippen molar-refractivity contribution in [3.8, 4) is 0 Å². The highest BCUT2D eigenvalue weighted by Crippen LogP contribution is 2.13. The van der Waals surface area contributed by atoms with Crippen molar-refractivity contribution in [3.63, 3.8) is 0 Å². The second-order valence-corrected chi connectivity index (χ2v) is 5.02. The van der Waals surface area contributed by atoms with Gasteiger partial charge in [0.05, 0.1) is 31.1 Å². The molecule has 2 aliphatic heterocycles. The van der Waals surface area contributed by atoms with Crippen molar-refractivity contribution < 1.29 is 9.53 Å². The van der Waals surface area contributed by atoms with E-state index in [0.29, 0.717) is 13.1 Å². The summed E-state index contributed by atoms with van der Waals surface area (Å²) in [6.45, 7) is 7.44. The lowest BCUT2D eigenvalue weighted by atomic mass is 10.1. The summed E-state index contributed by atoms with van der Waals surface area (Å²) in [5.41, 5.74) is 1.27. The van der Waals surface area contributed by atoms with Crippen molar-refractivity contribution in [2.24, 2.45) is 9.98 Å². The number of allylic oxidation sites excluding steroid dienone is 1. The molecule has 2 heterocycles. The van der Waals surface area contributed by atoms with Crippen LogP contribution in [0.15, 0.2) is 22.3 Å². The van der Waals surface area contributed by atoms with E-state index in [1.54, 1.807) is 6.20 Å². The summed E-state index contributed by atoms with van der Waals surface area (Å²) in [5.74, 6) is 0. The smallest absolute Gasteiger partial charge is 0.414 e. The van der Waals surface area contributed by atoms with Crippen LogP contribution in [0.3, 0.4) is 0 Å². The van der Waals surface area contributed by atoms with Gasteiger partial charge in [-0.2, -0.15) is 0 Å². The van der Waals surface area contributed by atoms with Crippen molar-refractivity contribution in [2.75, 3.05) is 19.6 Å². The molecule has 0 fully saturated rings. The number of fused-ring (bicyclic) bond motifs is 1. The van der Waals surface area contributed by atoms with Crippen LogP contribution in [0.5, 0.6) is 0 Å². The molecule has 5 nitrogen and oxygen atoms in total. The van der Waals surface area contributed by atoms with E-state index in [9.17, 15) is 4.79 Å². The molecule has 0 aliphatic carbocycles. The summed E-state index contributed by atoms with van der Waals surface area (Å²) in [5, 5.41) is 0. The minimum Gasteiger partial charge on any atom is -0.443 e. The molecule has 2 aliphatic rings. The molecule has 0 radical (unpaired) electrons. The molecule has 0 aromatic rings. The molecule has 0 aromatic carbocycles. The monoisotopic (exact) mass is 235 g/mol. The van der Waals surface area contributed by atoms with Gasteiger partial charge in [0.15, 0.2) is 0 Å². The minimum absolute atomic E-state index is 0.346.